The molecule has 1 unspecified atom stereocenters. The zero-order valence-electron chi connectivity index (χ0n) is 20.7. The van der Waals surface area contributed by atoms with Crippen LogP contribution in [0.25, 0.3) is 5.76 Å². The number of carbonyl (C=O) groups excluding carboxylic acids is 2. The van der Waals surface area contributed by atoms with Gasteiger partial charge in [0, 0.05) is 16.8 Å². The molecule has 1 amide bonds. The Morgan fingerprint density at radius 3 is 2.38 bits per heavy atom. The third-order valence-electron chi connectivity index (χ3n) is 6.07. The van der Waals surface area contributed by atoms with Gasteiger partial charge < -0.3 is 14.3 Å². The predicted molar refractivity (Wildman–Crippen MR) is 131 cm³/mol. The van der Waals surface area contributed by atoms with E-state index in [0.717, 1.165) is 28.7 Å². The van der Waals surface area contributed by atoms with Crippen LogP contribution in [0, 0.1) is 0 Å². The highest BCUT2D eigenvalue weighted by Gasteiger charge is 2.48. The first kappa shape index (κ1) is 26.1. The van der Waals surface area contributed by atoms with Crippen molar-refractivity contribution in [2.45, 2.75) is 45.3 Å². The molecule has 3 aromatic rings. The lowest BCUT2D eigenvalue weighted by Crippen LogP contribution is -2.29. The molecule has 1 aliphatic rings. The van der Waals surface area contributed by atoms with Crippen LogP contribution in [0.2, 0.25) is 0 Å². The number of benzene rings is 2. The summed E-state index contributed by atoms with van der Waals surface area (Å²) in [5.74, 6) is -1.87. The van der Waals surface area contributed by atoms with Gasteiger partial charge in [0.25, 0.3) is 11.7 Å². The van der Waals surface area contributed by atoms with Crippen molar-refractivity contribution in [3.8, 4) is 5.75 Å². The number of hydrogen-bond acceptors (Lipinski definition) is 5. The van der Waals surface area contributed by atoms with Gasteiger partial charge in [0.05, 0.1) is 24.0 Å². The monoisotopic (exact) mass is 513 g/mol. The number of ether oxygens (including phenoxy) is 1. The molecule has 1 fully saturated rings. The third kappa shape index (κ3) is 4.85. The standard InChI is InChI=1S/C28H26F3NO5/c1-5-36-20-12-11-16(14-19(20)27(2,3)4)24(33)22-23(21-10-7-13-37-21)32(26(35)25(22)34)18-9-6-8-17(15-18)28(29,30)31/h6-15,23,33H,5H2,1-4H3/b24-22-. The molecule has 1 saturated heterocycles. The molecule has 2 aromatic carbocycles. The summed E-state index contributed by atoms with van der Waals surface area (Å²) in [5, 5.41) is 11.4. The Kier molecular flexibility index (Phi) is 6.66. The van der Waals surface area contributed by atoms with Crippen LogP contribution in [0.1, 0.15) is 56.2 Å². The number of aliphatic hydroxyl groups is 1. The van der Waals surface area contributed by atoms with E-state index < -0.39 is 35.2 Å². The van der Waals surface area contributed by atoms with Gasteiger partial charge in [-0.05, 0) is 60.9 Å². The largest absolute Gasteiger partial charge is 0.507 e. The minimum Gasteiger partial charge on any atom is -0.507 e. The number of alkyl halides is 3. The number of aliphatic hydroxyl groups excluding tert-OH is 1. The van der Waals surface area contributed by atoms with Gasteiger partial charge in [-0.1, -0.05) is 26.8 Å². The second kappa shape index (κ2) is 9.46. The predicted octanol–water partition coefficient (Wildman–Crippen LogP) is 6.62. The quantitative estimate of drug-likeness (QED) is 0.236. The highest BCUT2D eigenvalue weighted by atomic mass is 19.4. The first-order valence-electron chi connectivity index (χ1n) is 11.6. The Hall–Kier alpha value is -4.01. The molecule has 0 spiro atoms. The summed E-state index contributed by atoms with van der Waals surface area (Å²) in [5.41, 5.74) is -0.787. The van der Waals surface area contributed by atoms with Crippen molar-refractivity contribution in [3.05, 3.63) is 88.9 Å². The molecule has 4 rings (SSSR count). The van der Waals surface area contributed by atoms with Gasteiger partial charge >= 0.3 is 6.18 Å². The Morgan fingerprint density at radius 1 is 1.05 bits per heavy atom. The number of amides is 1. The molecule has 1 N–H and O–H groups in total. The zero-order chi connectivity index (χ0) is 27.1. The van der Waals surface area contributed by atoms with Crippen LogP contribution in [0.3, 0.4) is 0 Å². The van der Waals surface area contributed by atoms with Crippen molar-refractivity contribution in [1.82, 2.24) is 0 Å². The summed E-state index contributed by atoms with van der Waals surface area (Å²) in [4.78, 5) is 27.3. The van der Waals surface area contributed by atoms with Gasteiger partial charge in [0.2, 0.25) is 0 Å². The molecule has 1 aliphatic heterocycles. The first-order valence-corrected chi connectivity index (χ1v) is 11.6. The minimum atomic E-state index is -4.66. The minimum absolute atomic E-state index is 0.111. The Bertz CT molecular complexity index is 1370. The molecule has 2 heterocycles. The molecular weight excluding hydrogens is 487 g/mol. The summed E-state index contributed by atoms with van der Waals surface area (Å²) < 4.78 is 51.4. The second-order valence-electron chi connectivity index (χ2n) is 9.63. The summed E-state index contributed by atoms with van der Waals surface area (Å²) in [6.45, 7) is 8.16. The molecule has 1 aromatic heterocycles. The molecular formula is C28H26F3NO5. The number of nitrogens with zero attached hydrogens (tertiary/aromatic N) is 1. The molecule has 37 heavy (non-hydrogen) atoms. The normalized spacial score (nSPS) is 17.9. The smallest absolute Gasteiger partial charge is 0.416 e. The maximum Gasteiger partial charge on any atom is 0.416 e. The number of hydrogen-bond donors (Lipinski definition) is 1. The number of furan rings is 1. The van der Waals surface area contributed by atoms with Gasteiger partial charge in [-0.3, -0.25) is 14.5 Å². The lowest BCUT2D eigenvalue weighted by atomic mass is 9.84. The summed E-state index contributed by atoms with van der Waals surface area (Å²) >= 11 is 0. The molecule has 6 nitrogen and oxygen atoms in total. The van der Waals surface area contributed by atoms with Crippen molar-refractivity contribution < 1.29 is 37.0 Å². The van der Waals surface area contributed by atoms with E-state index in [0.29, 0.717) is 12.4 Å². The SMILES string of the molecule is CCOc1ccc(/C(O)=C2/C(=O)C(=O)N(c3cccc(C(F)(F)F)c3)C2c2ccco2)cc1C(C)(C)C. The maximum absolute atomic E-state index is 13.4. The molecule has 9 heteroatoms. The molecule has 0 bridgehead atoms. The van der Waals surface area contributed by atoms with E-state index in [-0.39, 0.29) is 28.0 Å². The summed E-state index contributed by atoms with van der Waals surface area (Å²) in [7, 11) is 0. The average molecular weight is 514 g/mol. The molecule has 0 saturated carbocycles. The van der Waals surface area contributed by atoms with Crippen LogP contribution in [0.15, 0.2) is 70.9 Å². The van der Waals surface area contributed by atoms with Gasteiger partial charge in [-0.25, -0.2) is 0 Å². The van der Waals surface area contributed by atoms with Crippen molar-refractivity contribution in [3.63, 3.8) is 0 Å². The van der Waals surface area contributed by atoms with Crippen LogP contribution in [-0.2, 0) is 21.2 Å². The van der Waals surface area contributed by atoms with E-state index in [2.05, 4.69) is 0 Å². The zero-order valence-corrected chi connectivity index (χ0v) is 20.7. The van der Waals surface area contributed by atoms with E-state index in [4.69, 9.17) is 9.15 Å². The van der Waals surface area contributed by atoms with Crippen LogP contribution in [-0.4, -0.2) is 23.4 Å². The van der Waals surface area contributed by atoms with E-state index >= 15 is 0 Å². The van der Waals surface area contributed by atoms with Gasteiger partial charge in [0.1, 0.15) is 23.3 Å². The van der Waals surface area contributed by atoms with Crippen LogP contribution in [0.5, 0.6) is 5.75 Å². The lowest BCUT2D eigenvalue weighted by molar-refractivity contribution is -0.137. The summed E-state index contributed by atoms with van der Waals surface area (Å²) in [6.07, 6.45) is -3.34. The number of ketones is 1. The fraction of sp³-hybridized carbons (Fsp3) is 0.286. The van der Waals surface area contributed by atoms with Gasteiger partial charge in [-0.2, -0.15) is 13.2 Å². The number of halogens is 3. The van der Waals surface area contributed by atoms with Gasteiger partial charge in [0.15, 0.2) is 0 Å². The van der Waals surface area contributed by atoms with E-state index in [1.807, 2.05) is 27.7 Å². The summed E-state index contributed by atoms with van der Waals surface area (Å²) in [6, 6.07) is 10.8. The number of Topliss-reactive ketones (excluding diaryl/α,β-unsaturated/α-hetero) is 1. The number of carbonyl (C=O) groups is 2. The Morgan fingerprint density at radius 2 is 1.78 bits per heavy atom. The van der Waals surface area contributed by atoms with Crippen LogP contribution >= 0.6 is 0 Å². The van der Waals surface area contributed by atoms with Crippen LogP contribution in [0.4, 0.5) is 18.9 Å². The van der Waals surface area contributed by atoms with Crippen molar-refractivity contribution >= 4 is 23.1 Å². The topological polar surface area (TPSA) is 80.0 Å². The highest BCUT2D eigenvalue weighted by molar-refractivity contribution is 6.51. The van der Waals surface area contributed by atoms with E-state index in [1.165, 1.54) is 24.5 Å². The fourth-order valence-electron chi connectivity index (χ4n) is 4.35. The number of rotatable bonds is 5. The molecule has 0 radical (unpaired) electrons. The molecule has 1 atom stereocenters. The van der Waals surface area contributed by atoms with E-state index in [9.17, 15) is 27.9 Å². The lowest BCUT2D eigenvalue weighted by Gasteiger charge is -2.25. The van der Waals surface area contributed by atoms with Crippen molar-refractivity contribution in [2.75, 3.05) is 11.5 Å². The average Bonchev–Trinajstić information content (AvgIpc) is 3.45. The second-order valence-corrected chi connectivity index (χ2v) is 9.63. The molecule has 194 valence electrons. The van der Waals surface area contributed by atoms with Crippen molar-refractivity contribution in [2.24, 2.45) is 0 Å². The maximum atomic E-state index is 13.4. The highest BCUT2D eigenvalue weighted by Crippen LogP contribution is 2.44. The fourth-order valence-corrected chi connectivity index (χ4v) is 4.35. The third-order valence-corrected chi connectivity index (χ3v) is 6.07. The van der Waals surface area contributed by atoms with Gasteiger partial charge in [-0.15, -0.1) is 0 Å². The molecule has 0 aliphatic carbocycles. The Balaban J connectivity index is 1.92. The number of anilines is 1. The Labute approximate surface area is 212 Å². The van der Waals surface area contributed by atoms with Crippen molar-refractivity contribution in [1.29, 1.82) is 0 Å². The first-order chi connectivity index (χ1) is 17.3. The van der Waals surface area contributed by atoms with E-state index in [1.54, 1.807) is 18.2 Å². The van der Waals surface area contributed by atoms with Crippen LogP contribution < -0.4 is 9.64 Å².